The number of hydrogen-bond acceptors (Lipinski definition) is 14. The van der Waals surface area contributed by atoms with Crippen LogP contribution in [0.1, 0.15) is 74.5 Å². The summed E-state index contributed by atoms with van der Waals surface area (Å²) in [7, 11) is 1.44. The second-order valence-electron chi connectivity index (χ2n) is 14.7. The summed E-state index contributed by atoms with van der Waals surface area (Å²) >= 11 is 2.98. The van der Waals surface area contributed by atoms with Crippen molar-refractivity contribution in [1.82, 2.24) is 0 Å². The monoisotopic (exact) mass is 801 g/mol. The highest BCUT2D eigenvalue weighted by Gasteiger charge is 2.50. The summed E-state index contributed by atoms with van der Waals surface area (Å²) in [6.45, 7) is 12.6. The van der Waals surface area contributed by atoms with Gasteiger partial charge in [-0.3, -0.25) is 14.4 Å². The molecule has 9 atom stereocenters. The fraction of sp³-hybridized carbons (Fsp3) is 0.525. The number of fused-ring (bicyclic) bond motifs is 14. The molecular weight excluding hydrogens is 751 g/mol. The predicted molar refractivity (Wildman–Crippen MR) is 211 cm³/mol. The molecular formula is C40H51NO12S2. The molecule has 0 radical (unpaired) electrons. The summed E-state index contributed by atoms with van der Waals surface area (Å²) in [6.07, 6.45) is 3.74. The van der Waals surface area contributed by atoms with E-state index in [9.17, 15) is 39.9 Å². The molecule has 13 nitrogen and oxygen atoms in total. The van der Waals surface area contributed by atoms with E-state index in [0.717, 1.165) is 11.5 Å². The molecule has 9 unspecified atom stereocenters. The van der Waals surface area contributed by atoms with Crippen LogP contribution in [0.25, 0.3) is 10.8 Å². The second-order valence-corrected chi connectivity index (χ2v) is 17.4. The molecule has 6 N–H and O–H groups in total. The largest absolute Gasteiger partial charge is 0.507 e. The van der Waals surface area contributed by atoms with Gasteiger partial charge in [-0.2, -0.15) is 0 Å². The SMILES string of the molecule is COC1C=COC2(C)Oc3c(C)c(O)c4c(O)c(c(C5SCCS5)c(O)c4c3C2=O)NC(=O)/C(C)=C\C=C/C(C)C(O)C(C)C(O)C(C)C(OC(C)=O)C1C. The lowest BCUT2D eigenvalue weighted by Crippen LogP contribution is -2.46. The maximum absolute atomic E-state index is 14.3. The van der Waals surface area contributed by atoms with Crippen molar-refractivity contribution in [2.75, 3.05) is 23.9 Å². The van der Waals surface area contributed by atoms with Crippen molar-refractivity contribution in [2.24, 2.45) is 23.7 Å². The lowest BCUT2D eigenvalue weighted by atomic mass is 9.78. The number of esters is 1. The number of benzene rings is 2. The highest BCUT2D eigenvalue weighted by atomic mass is 32.2. The first-order chi connectivity index (χ1) is 25.9. The van der Waals surface area contributed by atoms with Gasteiger partial charge in [-0.05, 0) is 19.9 Å². The van der Waals surface area contributed by atoms with Crippen molar-refractivity contribution in [3.8, 4) is 23.0 Å². The van der Waals surface area contributed by atoms with Crippen molar-refractivity contribution in [1.29, 1.82) is 0 Å². The van der Waals surface area contributed by atoms with E-state index in [-0.39, 0.29) is 44.5 Å². The quantitative estimate of drug-likeness (QED) is 0.116. The van der Waals surface area contributed by atoms with E-state index in [1.807, 2.05) is 0 Å². The Morgan fingerprint density at radius 3 is 2.20 bits per heavy atom. The van der Waals surface area contributed by atoms with Crippen LogP contribution in [0.5, 0.6) is 23.0 Å². The highest BCUT2D eigenvalue weighted by molar-refractivity contribution is 8.19. The third-order valence-electron chi connectivity index (χ3n) is 10.9. The van der Waals surface area contributed by atoms with Crippen LogP contribution in [0.15, 0.2) is 36.1 Å². The Hall–Kier alpha value is -3.89. The lowest BCUT2D eigenvalue weighted by molar-refractivity contribution is -0.160. The van der Waals surface area contributed by atoms with Gasteiger partial charge in [0, 0.05) is 78.2 Å². The van der Waals surface area contributed by atoms with Crippen LogP contribution >= 0.6 is 23.5 Å². The molecule has 0 spiro atoms. The molecule has 1 saturated heterocycles. The topological polar surface area (TPSA) is 201 Å². The molecule has 2 aromatic rings. The Labute approximate surface area is 329 Å². The van der Waals surface area contributed by atoms with Gasteiger partial charge in [0.1, 0.15) is 23.4 Å². The van der Waals surface area contributed by atoms with Gasteiger partial charge in [-0.25, -0.2) is 0 Å². The molecule has 4 aliphatic rings. The number of thioether (sulfide) groups is 2. The number of nitrogens with one attached hydrogen (secondary N) is 1. The molecule has 1 fully saturated rings. The highest BCUT2D eigenvalue weighted by Crippen LogP contribution is 2.60. The molecule has 4 aliphatic heterocycles. The van der Waals surface area contributed by atoms with E-state index in [2.05, 4.69) is 5.32 Å². The standard InChI is InChI=1S/C40H51NO12S2/c1-17-11-10-12-18(2)38(49)41-29-28(39-54-15-16-55-39)33(46)25-26(34(29)47)32(45)22(6)36-27(25)37(48)40(8,53-36)51-14-13-24(50-9)19(3)35(52-23(7)42)21(5)31(44)20(4)30(17)43/h10-14,17,19-21,24,30-31,35,39,43-47H,15-16H2,1-9H3,(H,41,49)/b11-10-,14-13?,18-12-. The number of carbonyl (C=O) groups excluding carboxylic acids is 3. The normalized spacial score (nSPS) is 32.5. The number of ketones is 1. The number of carbonyl (C=O) groups is 3. The first-order valence-electron chi connectivity index (χ1n) is 18.2. The van der Waals surface area contributed by atoms with Crippen LogP contribution < -0.4 is 10.1 Å². The van der Waals surface area contributed by atoms with Gasteiger partial charge < -0.3 is 49.8 Å². The number of aromatic hydroxyl groups is 3. The summed E-state index contributed by atoms with van der Waals surface area (Å²) in [6, 6.07) is 0. The maximum Gasteiger partial charge on any atom is 0.312 e. The van der Waals surface area contributed by atoms with Crippen molar-refractivity contribution >= 4 is 57.6 Å². The summed E-state index contributed by atoms with van der Waals surface area (Å²) < 4.78 is 23.1. The molecule has 1 amide bonds. The minimum absolute atomic E-state index is 0.0499. The van der Waals surface area contributed by atoms with Gasteiger partial charge in [-0.15, -0.1) is 23.5 Å². The summed E-state index contributed by atoms with van der Waals surface area (Å²) in [5, 5.41) is 60.6. The van der Waals surface area contributed by atoms with Gasteiger partial charge in [0.25, 0.3) is 11.7 Å². The van der Waals surface area contributed by atoms with Crippen molar-refractivity contribution in [2.45, 2.75) is 90.2 Å². The fourth-order valence-electron chi connectivity index (χ4n) is 7.50. The van der Waals surface area contributed by atoms with Crippen LogP contribution in [-0.4, -0.2) is 92.0 Å². The first-order valence-corrected chi connectivity index (χ1v) is 20.3. The molecule has 0 saturated carbocycles. The third-order valence-corrected chi connectivity index (χ3v) is 13.9. The zero-order valence-electron chi connectivity index (χ0n) is 32.4. The van der Waals surface area contributed by atoms with E-state index in [1.165, 1.54) is 69.8 Å². The number of rotatable bonds is 3. The number of ether oxygens (including phenoxy) is 4. The number of phenols is 3. The zero-order chi connectivity index (χ0) is 40.7. The summed E-state index contributed by atoms with van der Waals surface area (Å²) in [5.74, 6) is -6.31. The lowest BCUT2D eigenvalue weighted by Gasteiger charge is -2.38. The Bertz CT molecular complexity index is 1940. The number of amides is 1. The van der Waals surface area contributed by atoms with Crippen molar-refractivity contribution in [3.05, 3.63) is 52.8 Å². The molecule has 55 heavy (non-hydrogen) atoms. The minimum Gasteiger partial charge on any atom is -0.507 e. The van der Waals surface area contributed by atoms with Crippen molar-refractivity contribution in [3.63, 3.8) is 0 Å². The summed E-state index contributed by atoms with van der Waals surface area (Å²) in [5.41, 5.74) is 0.263. The Balaban J connectivity index is 1.70. The van der Waals surface area contributed by atoms with Gasteiger partial charge in [0.15, 0.2) is 5.75 Å². The van der Waals surface area contributed by atoms with E-state index in [1.54, 1.807) is 46.8 Å². The van der Waals surface area contributed by atoms with E-state index in [0.29, 0.717) is 0 Å². The van der Waals surface area contributed by atoms with Gasteiger partial charge in [0.2, 0.25) is 0 Å². The molecule has 5 bridgehead atoms. The van der Waals surface area contributed by atoms with Gasteiger partial charge in [0.05, 0.1) is 45.8 Å². The second kappa shape index (κ2) is 16.7. The number of anilines is 1. The molecule has 6 rings (SSSR count). The van der Waals surface area contributed by atoms with E-state index < -0.39 is 93.4 Å². The smallest absolute Gasteiger partial charge is 0.312 e. The average molecular weight is 802 g/mol. The van der Waals surface area contributed by atoms with Crippen LogP contribution in [0.3, 0.4) is 0 Å². The third kappa shape index (κ3) is 7.91. The maximum atomic E-state index is 14.3. The van der Waals surface area contributed by atoms with Crippen molar-refractivity contribution < 1.29 is 58.9 Å². The van der Waals surface area contributed by atoms with Crippen LogP contribution in [0.4, 0.5) is 5.69 Å². The zero-order valence-corrected chi connectivity index (χ0v) is 34.0. The fourth-order valence-corrected chi connectivity index (χ4v) is 10.5. The number of aliphatic hydroxyl groups is 2. The Morgan fingerprint density at radius 1 is 0.927 bits per heavy atom. The molecule has 0 aliphatic carbocycles. The molecule has 300 valence electrons. The number of hydrogen-bond donors (Lipinski definition) is 6. The van der Waals surface area contributed by atoms with Gasteiger partial charge in [-0.1, -0.05) is 45.9 Å². The van der Waals surface area contributed by atoms with Crippen LogP contribution in [-0.2, 0) is 23.8 Å². The van der Waals surface area contributed by atoms with Crippen LogP contribution in [0, 0.1) is 30.6 Å². The van der Waals surface area contributed by atoms with Gasteiger partial charge >= 0.3 is 11.8 Å². The molecule has 0 aromatic heterocycles. The Kier molecular flexibility index (Phi) is 12.8. The number of allylic oxidation sites excluding steroid dienone is 2. The predicted octanol–water partition coefficient (Wildman–Crippen LogP) is 6.23. The Morgan fingerprint density at radius 2 is 1.58 bits per heavy atom. The minimum atomic E-state index is -2.00. The van der Waals surface area contributed by atoms with E-state index in [4.69, 9.17) is 18.9 Å². The number of aliphatic hydroxyl groups excluding tert-OH is 2. The average Bonchev–Trinajstić information content (AvgIpc) is 3.77. The van der Waals surface area contributed by atoms with Crippen LogP contribution in [0.2, 0.25) is 0 Å². The molecule has 2 aromatic carbocycles. The number of methoxy groups -OCH3 is 1. The first kappa shape index (κ1) is 42.3. The number of phenolic OH excluding ortho intramolecular Hbond substituents is 3. The van der Waals surface area contributed by atoms with E-state index >= 15 is 0 Å². The molecule has 15 heteroatoms. The number of Topliss-reactive ketones (excluding diaryl/α,β-unsaturated/α-hetero) is 1. The summed E-state index contributed by atoms with van der Waals surface area (Å²) in [4.78, 5) is 40.3. The molecule has 4 heterocycles.